The average Bonchev–Trinajstić information content (AvgIpc) is 2.19. The SMILES string of the molecule is CN(C)CC(C)(O)CNc1nc(F)c(F)cc1F. The van der Waals surface area contributed by atoms with Crippen LogP contribution in [0, 0.1) is 17.6 Å². The largest absolute Gasteiger partial charge is 0.387 e. The van der Waals surface area contributed by atoms with E-state index in [0.29, 0.717) is 12.6 Å². The molecular formula is C11H16F3N3O. The second-order valence-electron chi connectivity index (χ2n) is 4.68. The first-order chi connectivity index (χ1) is 8.21. The lowest BCUT2D eigenvalue weighted by Gasteiger charge is -2.27. The Labute approximate surface area is 103 Å². The number of likely N-dealkylation sites (N-methyl/N-ethyl adjacent to an activating group) is 1. The maximum Gasteiger partial charge on any atom is 0.251 e. The molecule has 1 heterocycles. The van der Waals surface area contributed by atoms with Crippen molar-refractivity contribution in [3.05, 3.63) is 23.6 Å². The van der Waals surface area contributed by atoms with Crippen molar-refractivity contribution in [3.8, 4) is 0 Å². The minimum atomic E-state index is -1.38. The van der Waals surface area contributed by atoms with Gasteiger partial charge in [0.05, 0.1) is 5.60 Å². The summed E-state index contributed by atoms with van der Waals surface area (Å²) in [4.78, 5) is 4.85. The zero-order chi connectivity index (χ0) is 13.9. The van der Waals surface area contributed by atoms with Gasteiger partial charge in [-0.2, -0.15) is 9.37 Å². The van der Waals surface area contributed by atoms with Crippen molar-refractivity contribution in [1.29, 1.82) is 0 Å². The summed E-state index contributed by atoms with van der Waals surface area (Å²) in [5.74, 6) is -4.16. The van der Waals surface area contributed by atoms with Crippen molar-refractivity contribution in [1.82, 2.24) is 9.88 Å². The number of nitrogens with one attached hydrogen (secondary N) is 1. The third-order valence-corrected chi connectivity index (χ3v) is 2.18. The van der Waals surface area contributed by atoms with Crippen LogP contribution in [0.3, 0.4) is 0 Å². The lowest BCUT2D eigenvalue weighted by molar-refractivity contribution is 0.0458. The minimum Gasteiger partial charge on any atom is -0.387 e. The van der Waals surface area contributed by atoms with Crippen LogP contribution >= 0.6 is 0 Å². The Morgan fingerprint density at radius 3 is 2.50 bits per heavy atom. The maximum atomic E-state index is 13.2. The van der Waals surface area contributed by atoms with Gasteiger partial charge in [0, 0.05) is 19.2 Å². The number of pyridine rings is 1. The van der Waals surface area contributed by atoms with Gasteiger partial charge in [-0.3, -0.25) is 0 Å². The van der Waals surface area contributed by atoms with Crippen LogP contribution in [0.4, 0.5) is 19.0 Å². The monoisotopic (exact) mass is 263 g/mol. The number of aromatic nitrogens is 1. The van der Waals surface area contributed by atoms with Gasteiger partial charge >= 0.3 is 0 Å². The number of hydrogen-bond acceptors (Lipinski definition) is 4. The van der Waals surface area contributed by atoms with Gasteiger partial charge in [0.15, 0.2) is 17.5 Å². The fraction of sp³-hybridized carbons (Fsp3) is 0.545. The van der Waals surface area contributed by atoms with Gasteiger partial charge in [0.1, 0.15) is 0 Å². The predicted molar refractivity (Wildman–Crippen MR) is 61.8 cm³/mol. The Morgan fingerprint density at radius 2 is 1.94 bits per heavy atom. The highest BCUT2D eigenvalue weighted by Gasteiger charge is 2.22. The number of rotatable bonds is 5. The Kier molecular flexibility index (Phi) is 4.53. The van der Waals surface area contributed by atoms with E-state index in [1.54, 1.807) is 19.0 Å². The molecule has 0 saturated carbocycles. The smallest absolute Gasteiger partial charge is 0.251 e. The summed E-state index contributed by atoms with van der Waals surface area (Å²) < 4.78 is 38.7. The van der Waals surface area contributed by atoms with Crippen molar-refractivity contribution in [2.45, 2.75) is 12.5 Å². The van der Waals surface area contributed by atoms with Crippen molar-refractivity contribution in [2.24, 2.45) is 0 Å². The van der Waals surface area contributed by atoms with Gasteiger partial charge in [0.2, 0.25) is 0 Å². The van der Waals surface area contributed by atoms with Crippen LogP contribution in [0.15, 0.2) is 6.07 Å². The van der Waals surface area contributed by atoms with E-state index in [9.17, 15) is 18.3 Å². The van der Waals surface area contributed by atoms with E-state index >= 15 is 0 Å². The molecule has 0 amide bonds. The van der Waals surface area contributed by atoms with Crippen molar-refractivity contribution in [3.63, 3.8) is 0 Å². The third kappa shape index (κ3) is 4.15. The Bertz CT molecular complexity index is 424. The number of anilines is 1. The lowest BCUT2D eigenvalue weighted by atomic mass is 10.1. The molecule has 1 aromatic rings. The molecule has 0 aliphatic heterocycles. The van der Waals surface area contributed by atoms with Crippen LogP contribution in [0.2, 0.25) is 0 Å². The molecule has 0 aliphatic carbocycles. The second-order valence-corrected chi connectivity index (χ2v) is 4.68. The van der Waals surface area contributed by atoms with Crippen LogP contribution in [-0.2, 0) is 0 Å². The number of aliphatic hydroxyl groups is 1. The van der Waals surface area contributed by atoms with E-state index in [4.69, 9.17) is 0 Å². The second kappa shape index (κ2) is 5.53. The highest BCUT2D eigenvalue weighted by Crippen LogP contribution is 2.15. The summed E-state index contributed by atoms with van der Waals surface area (Å²) in [7, 11) is 3.54. The Morgan fingerprint density at radius 1 is 1.33 bits per heavy atom. The maximum absolute atomic E-state index is 13.2. The first-order valence-corrected chi connectivity index (χ1v) is 5.34. The summed E-state index contributed by atoms with van der Waals surface area (Å²) in [6.07, 6.45) is 0. The van der Waals surface area contributed by atoms with Gasteiger partial charge in [-0.1, -0.05) is 0 Å². The number of halogens is 3. The molecule has 0 saturated heterocycles. The summed E-state index contributed by atoms with van der Waals surface area (Å²) in [5.41, 5.74) is -1.15. The molecule has 1 aromatic heterocycles. The highest BCUT2D eigenvalue weighted by molar-refractivity contribution is 5.36. The molecule has 7 heteroatoms. The zero-order valence-corrected chi connectivity index (χ0v) is 10.5. The molecule has 0 bridgehead atoms. The van der Waals surface area contributed by atoms with E-state index < -0.39 is 29.0 Å². The molecule has 1 unspecified atom stereocenters. The molecule has 4 nitrogen and oxygen atoms in total. The molecule has 0 fully saturated rings. The van der Waals surface area contributed by atoms with E-state index in [0.717, 1.165) is 0 Å². The van der Waals surface area contributed by atoms with Gasteiger partial charge in [-0.15, -0.1) is 0 Å². The molecule has 0 aromatic carbocycles. The summed E-state index contributed by atoms with van der Waals surface area (Å²) in [6.45, 7) is 1.82. The molecule has 18 heavy (non-hydrogen) atoms. The molecule has 1 rings (SSSR count). The molecule has 0 aliphatic rings. The first-order valence-electron chi connectivity index (χ1n) is 5.34. The molecule has 0 spiro atoms. The molecule has 0 radical (unpaired) electrons. The van der Waals surface area contributed by atoms with E-state index in [-0.39, 0.29) is 6.54 Å². The average molecular weight is 263 g/mol. The Balaban J connectivity index is 2.72. The highest BCUT2D eigenvalue weighted by atomic mass is 19.2. The van der Waals surface area contributed by atoms with Crippen LogP contribution in [0.5, 0.6) is 0 Å². The van der Waals surface area contributed by atoms with Gasteiger partial charge < -0.3 is 15.3 Å². The molecule has 1 atom stereocenters. The third-order valence-electron chi connectivity index (χ3n) is 2.18. The van der Waals surface area contributed by atoms with Gasteiger partial charge in [-0.05, 0) is 21.0 Å². The quantitative estimate of drug-likeness (QED) is 0.784. The summed E-state index contributed by atoms with van der Waals surface area (Å²) in [5, 5.41) is 12.4. The summed E-state index contributed by atoms with van der Waals surface area (Å²) in [6, 6.07) is 0.408. The molecule has 102 valence electrons. The van der Waals surface area contributed by atoms with Crippen molar-refractivity contribution >= 4 is 5.82 Å². The topological polar surface area (TPSA) is 48.4 Å². The molecular weight excluding hydrogens is 247 g/mol. The number of hydrogen-bond donors (Lipinski definition) is 2. The van der Waals surface area contributed by atoms with Crippen LogP contribution < -0.4 is 5.32 Å². The predicted octanol–water partition coefficient (Wildman–Crippen LogP) is 1.22. The zero-order valence-electron chi connectivity index (χ0n) is 10.5. The minimum absolute atomic E-state index is 0.0415. The molecule has 2 N–H and O–H groups in total. The lowest BCUT2D eigenvalue weighted by Crippen LogP contribution is -2.43. The first kappa shape index (κ1) is 14.7. The van der Waals surface area contributed by atoms with E-state index in [1.807, 2.05) is 0 Å². The fourth-order valence-electron chi connectivity index (χ4n) is 1.58. The summed E-state index contributed by atoms with van der Waals surface area (Å²) >= 11 is 0. The van der Waals surface area contributed by atoms with Crippen molar-refractivity contribution in [2.75, 3.05) is 32.5 Å². The van der Waals surface area contributed by atoms with Crippen molar-refractivity contribution < 1.29 is 18.3 Å². The normalized spacial score (nSPS) is 14.7. The van der Waals surface area contributed by atoms with Crippen LogP contribution in [-0.4, -0.2) is 47.8 Å². The van der Waals surface area contributed by atoms with Crippen LogP contribution in [0.25, 0.3) is 0 Å². The van der Waals surface area contributed by atoms with Crippen LogP contribution in [0.1, 0.15) is 6.92 Å². The van der Waals surface area contributed by atoms with E-state index in [1.165, 1.54) is 6.92 Å². The number of nitrogens with zero attached hydrogens (tertiary/aromatic N) is 2. The fourth-order valence-corrected chi connectivity index (χ4v) is 1.58. The van der Waals surface area contributed by atoms with Gasteiger partial charge in [-0.25, -0.2) is 8.78 Å². The van der Waals surface area contributed by atoms with E-state index in [2.05, 4.69) is 10.3 Å². The van der Waals surface area contributed by atoms with Gasteiger partial charge in [0.25, 0.3) is 5.95 Å². The standard InChI is InChI=1S/C11H16F3N3O/c1-11(18,6-17(2)3)5-15-10-8(13)4-7(12)9(14)16-10/h4,18H,5-6H2,1-3H3,(H,15,16). The Hall–Kier alpha value is -1.34.